The third-order valence-corrected chi connectivity index (χ3v) is 2.93. The highest BCUT2D eigenvalue weighted by Gasteiger charge is 2.12. The van der Waals surface area contributed by atoms with Gasteiger partial charge in [-0.2, -0.15) is 0 Å². The number of rotatable bonds is 4. The third-order valence-electron chi connectivity index (χ3n) is 2.71. The Bertz CT molecular complexity index is 703. The summed E-state index contributed by atoms with van der Waals surface area (Å²) < 4.78 is 5.68. The van der Waals surface area contributed by atoms with E-state index in [1.807, 2.05) is 44.2 Å². The summed E-state index contributed by atoms with van der Waals surface area (Å²) in [5, 5.41) is 5.26. The van der Waals surface area contributed by atoms with Crippen LogP contribution in [0.15, 0.2) is 61.3 Å². The maximum atomic E-state index is 12.1. The third kappa shape index (κ3) is 5.73. The number of nitrogen functional groups attached to an aromatic ring is 1. The average Bonchev–Trinajstić information content (AvgIpc) is 2.59. The number of benzene rings is 2. The van der Waals surface area contributed by atoms with Gasteiger partial charge in [-0.1, -0.05) is 38.6 Å². The molecule has 2 rings (SSSR count). The van der Waals surface area contributed by atoms with Gasteiger partial charge in [-0.25, -0.2) is 0 Å². The van der Waals surface area contributed by atoms with Gasteiger partial charge in [0.05, 0.1) is 5.56 Å². The van der Waals surface area contributed by atoms with Gasteiger partial charge in [0, 0.05) is 5.69 Å². The number of nitrogens with two attached hydrogens (primary N) is 1. The van der Waals surface area contributed by atoms with Gasteiger partial charge in [-0.3, -0.25) is 10.1 Å². The summed E-state index contributed by atoms with van der Waals surface area (Å²) in [6, 6.07) is 14.1. The Morgan fingerprint density at radius 1 is 1.17 bits per heavy atom. The molecule has 0 aliphatic carbocycles. The highest BCUT2D eigenvalue weighted by Crippen LogP contribution is 2.24. The number of hydrogen-bond donors (Lipinski definition) is 3. The SMILES string of the molecule is C=CNC(=S)NC(=O)c1cc(Oc2ccccc2)ccc1N.CC. The van der Waals surface area contributed by atoms with Crippen LogP contribution in [0.5, 0.6) is 11.5 Å². The molecule has 24 heavy (non-hydrogen) atoms. The lowest BCUT2D eigenvalue weighted by Crippen LogP contribution is -2.36. The Balaban J connectivity index is 0.00000139. The van der Waals surface area contributed by atoms with E-state index in [4.69, 9.17) is 22.7 Å². The maximum absolute atomic E-state index is 12.1. The molecule has 0 aliphatic heterocycles. The second-order valence-electron chi connectivity index (χ2n) is 4.30. The first kappa shape index (κ1) is 19.2. The van der Waals surface area contributed by atoms with Crippen molar-refractivity contribution in [1.82, 2.24) is 10.6 Å². The molecular formula is C18H21N3O2S. The molecule has 0 unspecified atom stereocenters. The van der Waals surface area contributed by atoms with E-state index >= 15 is 0 Å². The Hall–Kier alpha value is -2.86. The van der Waals surface area contributed by atoms with E-state index in [-0.39, 0.29) is 10.7 Å². The van der Waals surface area contributed by atoms with Gasteiger partial charge in [0.25, 0.3) is 5.91 Å². The van der Waals surface area contributed by atoms with Crippen LogP contribution in [0.4, 0.5) is 5.69 Å². The summed E-state index contributed by atoms with van der Waals surface area (Å²) >= 11 is 4.92. The molecular weight excluding hydrogens is 322 g/mol. The van der Waals surface area contributed by atoms with Crippen molar-refractivity contribution in [2.45, 2.75) is 13.8 Å². The first-order valence-electron chi connectivity index (χ1n) is 7.45. The number of ether oxygens (including phenoxy) is 1. The predicted octanol–water partition coefficient (Wildman–Crippen LogP) is 3.84. The molecule has 0 atom stereocenters. The van der Waals surface area contributed by atoms with Crippen LogP contribution in [0.1, 0.15) is 24.2 Å². The van der Waals surface area contributed by atoms with E-state index in [2.05, 4.69) is 17.2 Å². The van der Waals surface area contributed by atoms with Crippen molar-refractivity contribution in [3.8, 4) is 11.5 Å². The summed E-state index contributed by atoms with van der Waals surface area (Å²) in [5.74, 6) is 0.756. The molecule has 0 bridgehead atoms. The van der Waals surface area contributed by atoms with Crippen LogP contribution in [0, 0.1) is 0 Å². The van der Waals surface area contributed by atoms with Gasteiger partial charge in [-0.15, -0.1) is 0 Å². The van der Waals surface area contributed by atoms with E-state index in [1.54, 1.807) is 18.2 Å². The van der Waals surface area contributed by atoms with Crippen molar-refractivity contribution in [2.24, 2.45) is 0 Å². The fourth-order valence-electron chi connectivity index (χ4n) is 1.72. The minimum Gasteiger partial charge on any atom is -0.457 e. The molecule has 2 aromatic carbocycles. The standard InChI is InChI=1S/C16H15N3O2S.C2H6/c1-2-18-16(22)19-15(20)13-10-12(8-9-14(13)17)21-11-6-4-3-5-7-11;1-2/h2-10H,1,17H2,(H2,18,19,20,22);1-2H3. The number of hydrogen-bond acceptors (Lipinski definition) is 4. The van der Waals surface area contributed by atoms with Crippen LogP contribution in [-0.4, -0.2) is 11.0 Å². The molecule has 4 N–H and O–H groups in total. The second-order valence-corrected chi connectivity index (χ2v) is 4.70. The molecule has 0 fully saturated rings. The number of para-hydroxylation sites is 1. The maximum Gasteiger partial charge on any atom is 0.259 e. The minimum absolute atomic E-state index is 0.147. The van der Waals surface area contributed by atoms with E-state index < -0.39 is 5.91 Å². The Kier molecular flexibility index (Phi) is 8.01. The Morgan fingerprint density at radius 2 is 1.83 bits per heavy atom. The number of carbonyl (C=O) groups excluding carboxylic acids is 1. The van der Waals surface area contributed by atoms with Crippen molar-refractivity contribution in [1.29, 1.82) is 0 Å². The fraction of sp³-hybridized carbons (Fsp3) is 0.111. The van der Waals surface area contributed by atoms with Gasteiger partial charge in [0.1, 0.15) is 11.5 Å². The second kappa shape index (κ2) is 10.0. The molecule has 0 radical (unpaired) electrons. The lowest BCUT2D eigenvalue weighted by atomic mass is 10.1. The highest BCUT2D eigenvalue weighted by atomic mass is 32.1. The van der Waals surface area contributed by atoms with Crippen molar-refractivity contribution in [3.63, 3.8) is 0 Å². The van der Waals surface area contributed by atoms with Crippen LogP contribution >= 0.6 is 12.2 Å². The molecule has 6 heteroatoms. The molecule has 1 amide bonds. The molecule has 2 aromatic rings. The zero-order valence-electron chi connectivity index (χ0n) is 13.7. The largest absolute Gasteiger partial charge is 0.457 e. The molecule has 0 aliphatic rings. The number of amides is 1. The summed E-state index contributed by atoms with van der Waals surface area (Å²) in [6.07, 6.45) is 1.38. The van der Waals surface area contributed by atoms with Gasteiger partial charge < -0.3 is 15.8 Å². The van der Waals surface area contributed by atoms with Crippen LogP contribution < -0.4 is 21.1 Å². The van der Waals surface area contributed by atoms with Crippen molar-refractivity contribution in [2.75, 3.05) is 5.73 Å². The smallest absolute Gasteiger partial charge is 0.259 e. The summed E-state index contributed by atoms with van der Waals surface area (Å²) in [4.78, 5) is 12.1. The number of thiocarbonyl (C=S) groups is 1. The monoisotopic (exact) mass is 343 g/mol. The number of nitrogens with one attached hydrogen (secondary N) is 2. The van der Waals surface area contributed by atoms with Crippen LogP contribution in [-0.2, 0) is 0 Å². The Labute approximate surface area is 147 Å². The van der Waals surface area contributed by atoms with Crippen molar-refractivity contribution in [3.05, 3.63) is 66.9 Å². The molecule has 0 saturated carbocycles. The van der Waals surface area contributed by atoms with Crippen molar-refractivity contribution >= 4 is 28.9 Å². The lowest BCUT2D eigenvalue weighted by Gasteiger charge is -2.11. The topological polar surface area (TPSA) is 76.4 Å². The molecule has 0 heterocycles. The first-order valence-corrected chi connectivity index (χ1v) is 7.86. The molecule has 126 valence electrons. The number of anilines is 1. The quantitative estimate of drug-likeness (QED) is 0.581. The normalized spacial score (nSPS) is 9.08. The number of carbonyl (C=O) groups is 1. The van der Waals surface area contributed by atoms with Crippen LogP contribution in [0.25, 0.3) is 0 Å². The van der Waals surface area contributed by atoms with Gasteiger partial charge in [0.2, 0.25) is 0 Å². The minimum atomic E-state index is -0.421. The van der Waals surface area contributed by atoms with E-state index in [0.29, 0.717) is 17.2 Å². The fourth-order valence-corrected chi connectivity index (χ4v) is 1.90. The van der Waals surface area contributed by atoms with E-state index in [0.717, 1.165) is 0 Å². The zero-order chi connectivity index (χ0) is 17.9. The molecule has 0 spiro atoms. The lowest BCUT2D eigenvalue weighted by molar-refractivity contribution is 0.0977. The highest BCUT2D eigenvalue weighted by molar-refractivity contribution is 7.80. The summed E-state index contributed by atoms with van der Waals surface area (Å²) in [5.41, 5.74) is 6.45. The molecule has 0 aromatic heterocycles. The average molecular weight is 343 g/mol. The summed E-state index contributed by atoms with van der Waals surface area (Å²) in [6.45, 7) is 7.46. The van der Waals surface area contributed by atoms with Crippen LogP contribution in [0.3, 0.4) is 0 Å². The van der Waals surface area contributed by atoms with Gasteiger partial charge >= 0.3 is 0 Å². The first-order chi connectivity index (χ1) is 11.6. The Morgan fingerprint density at radius 3 is 2.46 bits per heavy atom. The predicted molar refractivity (Wildman–Crippen MR) is 102 cm³/mol. The summed E-state index contributed by atoms with van der Waals surface area (Å²) in [7, 11) is 0. The molecule has 0 saturated heterocycles. The van der Waals surface area contributed by atoms with E-state index in [9.17, 15) is 4.79 Å². The molecule has 5 nitrogen and oxygen atoms in total. The van der Waals surface area contributed by atoms with Gasteiger partial charge in [0.15, 0.2) is 5.11 Å². The van der Waals surface area contributed by atoms with Crippen molar-refractivity contribution < 1.29 is 9.53 Å². The van der Waals surface area contributed by atoms with E-state index in [1.165, 1.54) is 6.20 Å². The van der Waals surface area contributed by atoms with Crippen LogP contribution in [0.2, 0.25) is 0 Å². The van der Waals surface area contributed by atoms with Gasteiger partial charge in [-0.05, 0) is 48.7 Å². The zero-order valence-corrected chi connectivity index (χ0v) is 14.5.